The Bertz CT molecular complexity index is 931. The van der Waals surface area contributed by atoms with Crippen molar-refractivity contribution >= 4 is 13.8 Å². The van der Waals surface area contributed by atoms with Crippen LogP contribution >= 0.6 is 7.82 Å². The molecule has 8 nitrogen and oxygen atoms in total. The van der Waals surface area contributed by atoms with Crippen LogP contribution < -0.4 is 0 Å². The van der Waals surface area contributed by atoms with Crippen LogP contribution in [0.4, 0.5) is 0 Å². The van der Waals surface area contributed by atoms with Gasteiger partial charge >= 0.3 is 13.8 Å². The highest BCUT2D eigenvalue weighted by Gasteiger charge is 2.26. The Balaban J connectivity index is 4.25. The molecule has 0 aromatic rings. The molecule has 2 atom stereocenters. The van der Waals surface area contributed by atoms with Gasteiger partial charge in [0.15, 0.2) is 0 Å². The maximum absolute atomic E-state index is 12.7. The molecule has 0 amide bonds. The number of esters is 1. The fraction of sp³-hybridized carbons (Fsp3) is 0.837. The number of carbonyl (C=O) groups is 1. The zero-order valence-electron chi connectivity index (χ0n) is 34.5. The summed E-state index contributed by atoms with van der Waals surface area (Å²) < 4.78 is 34.9. The van der Waals surface area contributed by atoms with Gasteiger partial charge in [-0.25, -0.2) is 4.57 Å². The molecule has 0 saturated carbocycles. The van der Waals surface area contributed by atoms with Crippen LogP contribution in [0.2, 0.25) is 0 Å². The molecule has 52 heavy (non-hydrogen) atoms. The standard InChI is InChI=1S/C43H82NO7P/c1-6-8-10-12-14-16-18-20-21-22-23-24-25-26-28-30-32-34-36-43(45)51-42(41-50-52(46,47)49-39-37-44(3,4)5)40-48-38-35-33-31-29-27-19-17-15-13-11-9-7-2/h13,15-16,18,21-22,42H,6-12,14,17,19-20,23-41H2,1-5H3/p+1/b15-13-,18-16-,22-21-. The van der Waals surface area contributed by atoms with Gasteiger partial charge in [-0.05, 0) is 64.2 Å². The number of carbonyl (C=O) groups excluding carboxylic acids is 1. The van der Waals surface area contributed by atoms with E-state index in [-0.39, 0.29) is 25.8 Å². The lowest BCUT2D eigenvalue weighted by Gasteiger charge is -2.24. The summed E-state index contributed by atoms with van der Waals surface area (Å²) in [5, 5.41) is 0. The number of quaternary nitrogens is 1. The number of hydrogen-bond donors (Lipinski definition) is 1. The number of rotatable bonds is 39. The van der Waals surface area contributed by atoms with Crippen LogP contribution in [0.1, 0.15) is 174 Å². The molecule has 0 rings (SSSR count). The molecule has 0 aliphatic carbocycles. The SMILES string of the molecule is CCCC/C=C\CCCCCCCCOCC(COP(=O)(O)OCC[N+](C)(C)C)OC(=O)CCCCCCCCC/C=C\C/C=C\CCCCCC. The van der Waals surface area contributed by atoms with Crippen molar-refractivity contribution < 1.29 is 37.3 Å². The summed E-state index contributed by atoms with van der Waals surface area (Å²) >= 11 is 0. The van der Waals surface area contributed by atoms with Gasteiger partial charge in [-0.15, -0.1) is 0 Å². The first-order chi connectivity index (χ1) is 25.1. The molecule has 1 N–H and O–H groups in total. The zero-order valence-corrected chi connectivity index (χ0v) is 35.4. The summed E-state index contributed by atoms with van der Waals surface area (Å²) in [6.07, 6.45) is 41.7. The van der Waals surface area contributed by atoms with Crippen molar-refractivity contribution in [3.63, 3.8) is 0 Å². The van der Waals surface area contributed by atoms with Crippen molar-refractivity contribution in [2.45, 2.75) is 180 Å². The maximum Gasteiger partial charge on any atom is 0.472 e. The van der Waals surface area contributed by atoms with Crippen molar-refractivity contribution in [2.75, 3.05) is 54.1 Å². The van der Waals surface area contributed by atoms with E-state index in [2.05, 4.69) is 50.3 Å². The third-order valence-corrected chi connectivity index (χ3v) is 9.91. The van der Waals surface area contributed by atoms with Crippen LogP contribution in [0, 0.1) is 0 Å². The number of likely N-dealkylation sites (N-methyl/N-ethyl adjacent to an activating group) is 1. The molecule has 0 spiro atoms. The summed E-state index contributed by atoms with van der Waals surface area (Å²) in [7, 11) is 1.66. The molecule has 0 radical (unpaired) electrons. The molecule has 2 unspecified atom stereocenters. The minimum absolute atomic E-state index is 0.0854. The number of phosphoric ester groups is 1. The minimum Gasteiger partial charge on any atom is -0.457 e. The smallest absolute Gasteiger partial charge is 0.457 e. The quantitative estimate of drug-likeness (QED) is 0.0219. The molecule has 0 heterocycles. The average molecular weight is 757 g/mol. The van der Waals surface area contributed by atoms with E-state index in [9.17, 15) is 14.3 Å². The van der Waals surface area contributed by atoms with Gasteiger partial charge in [0.25, 0.3) is 0 Å². The van der Waals surface area contributed by atoms with E-state index in [1.165, 1.54) is 109 Å². The maximum atomic E-state index is 12.7. The number of allylic oxidation sites excluding steroid dienone is 6. The van der Waals surface area contributed by atoms with Gasteiger partial charge in [-0.3, -0.25) is 13.8 Å². The molecular weight excluding hydrogens is 673 g/mol. The van der Waals surface area contributed by atoms with Crippen LogP contribution in [0.15, 0.2) is 36.5 Å². The first kappa shape index (κ1) is 50.7. The molecule has 306 valence electrons. The van der Waals surface area contributed by atoms with E-state index in [0.29, 0.717) is 24.1 Å². The van der Waals surface area contributed by atoms with E-state index in [1.54, 1.807) is 0 Å². The van der Waals surface area contributed by atoms with Crippen LogP contribution in [-0.2, 0) is 27.9 Å². The summed E-state index contributed by atoms with van der Waals surface area (Å²) in [6.45, 7) is 5.55. The molecule has 0 bridgehead atoms. The Morgan fingerprint density at radius 3 is 1.63 bits per heavy atom. The van der Waals surface area contributed by atoms with Crippen molar-refractivity contribution in [3.05, 3.63) is 36.5 Å². The Morgan fingerprint density at radius 1 is 0.596 bits per heavy atom. The average Bonchev–Trinajstić information content (AvgIpc) is 3.09. The second-order valence-corrected chi connectivity index (χ2v) is 16.8. The lowest BCUT2D eigenvalue weighted by atomic mass is 10.1. The molecule has 0 aliphatic rings. The zero-order chi connectivity index (χ0) is 38.4. The lowest BCUT2D eigenvalue weighted by Crippen LogP contribution is -2.37. The molecular formula is C43H83NO7P+. The number of ether oxygens (including phenoxy) is 2. The van der Waals surface area contributed by atoms with Crippen molar-refractivity contribution in [2.24, 2.45) is 0 Å². The van der Waals surface area contributed by atoms with Gasteiger partial charge in [-0.1, -0.05) is 140 Å². The van der Waals surface area contributed by atoms with Crippen molar-refractivity contribution in [1.82, 2.24) is 0 Å². The fourth-order valence-corrected chi connectivity index (χ4v) is 6.30. The number of unbranched alkanes of at least 4 members (excludes halogenated alkanes) is 19. The Morgan fingerprint density at radius 2 is 1.08 bits per heavy atom. The van der Waals surface area contributed by atoms with Gasteiger partial charge in [0.05, 0.1) is 34.4 Å². The molecule has 0 saturated heterocycles. The number of nitrogens with zero attached hydrogens (tertiary/aromatic N) is 1. The summed E-state index contributed by atoms with van der Waals surface area (Å²) in [5.74, 6) is -0.325. The van der Waals surface area contributed by atoms with E-state index >= 15 is 0 Å². The van der Waals surface area contributed by atoms with E-state index in [0.717, 1.165) is 44.9 Å². The Hall–Kier alpha value is -1.28. The van der Waals surface area contributed by atoms with Crippen molar-refractivity contribution in [1.29, 1.82) is 0 Å². The van der Waals surface area contributed by atoms with Crippen LogP contribution in [-0.4, -0.2) is 75.6 Å². The van der Waals surface area contributed by atoms with Crippen LogP contribution in [0.5, 0.6) is 0 Å². The lowest BCUT2D eigenvalue weighted by molar-refractivity contribution is -0.870. The van der Waals surface area contributed by atoms with Crippen LogP contribution in [0.3, 0.4) is 0 Å². The number of phosphoric acid groups is 1. The highest BCUT2D eigenvalue weighted by molar-refractivity contribution is 7.47. The second-order valence-electron chi connectivity index (χ2n) is 15.4. The summed E-state index contributed by atoms with van der Waals surface area (Å²) in [6, 6.07) is 0. The molecule has 0 aromatic carbocycles. The molecule has 0 aromatic heterocycles. The van der Waals surface area contributed by atoms with Gasteiger partial charge in [0, 0.05) is 13.0 Å². The monoisotopic (exact) mass is 757 g/mol. The highest BCUT2D eigenvalue weighted by atomic mass is 31.2. The highest BCUT2D eigenvalue weighted by Crippen LogP contribution is 2.43. The van der Waals surface area contributed by atoms with E-state index in [4.69, 9.17) is 18.5 Å². The summed E-state index contributed by atoms with van der Waals surface area (Å²) in [4.78, 5) is 22.8. The first-order valence-electron chi connectivity index (χ1n) is 21.2. The van der Waals surface area contributed by atoms with Gasteiger partial charge < -0.3 is 18.9 Å². The topological polar surface area (TPSA) is 91.3 Å². The van der Waals surface area contributed by atoms with Gasteiger partial charge in [0.1, 0.15) is 19.3 Å². The summed E-state index contributed by atoms with van der Waals surface area (Å²) in [5.41, 5.74) is 0. The third kappa shape index (κ3) is 39.9. The fourth-order valence-electron chi connectivity index (χ4n) is 5.56. The van der Waals surface area contributed by atoms with Crippen LogP contribution in [0.25, 0.3) is 0 Å². The van der Waals surface area contributed by atoms with E-state index in [1.807, 2.05) is 21.1 Å². The minimum atomic E-state index is -4.27. The Kier molecular flexibility index (Phi) is 35.8. The normalized spacial score (nSPS) is 14.2. The molecule has 0 fully saturated rings. The predicted molar refractivity (Wildman–Crippen MR) is 220 cm³/mol. The molecule has 9 heteroatoms. The van der Waals surface area contributed by atoms with Crippen molar-refractivity contribution in [3.8, 4) is 0 Å². The predicted octanol–water partition coefficient (Wildman–Crippen LogP) is 12.2. The van der Waals surface area contributed by atoms with E-state index < -0.39 is 13.9 Å². The Labute approximate surface area is 321 Å². The third-order valence-electron chi connectivity index (χ3n) is 8.92. The second kappa shape index (κ2) is 36.7. The molecule has 0 aliphatic heterocycles. The largest absolute Gasteiger partial charge is 0.472 e. The number of hydrogen-bond acceptors (Lipinski definition) is 6. The van der Waals surface area contributed by atoms with Gasteiger partial charge in [0.2, 0.25) is 0 Å². The first-order valence-corrected chi connectivity index (χ1v) is 22.7. The van der Waals surface area contributed by atoms with Gasteiger partial charge in [-0.2, -0.15) is 0 Å².